The molecule has 0 spiro atoms. The first kappa shape index (κ1) is 59.1. The van der Waals surface area contributed by atoms with Crippen LogP contribution >= 0.6 is 0 Å². The van der Waals surface area contributed by atoms with Crippen LogP contribution < -0.4 is 18.9 Å². The van der Waals surface area contributed by atoms with E-state index in [1.807, 2.05) is 0 Å². The molecule has 7 nitrogen and oxygen atoms in total. The van der Waals surface area contributed by atoms with Gasteiger partial charge in [-0.1, -0.05) is 230 Å². The molecule has 2 aliphatic rings. The van der Waals surface area contributed by atoms with Crippen molar-refractivity contribution >= 4 is 0 Å². The predicted molar refractivity (Wildman–Crippen MR) is 290 cm³/mol. The Balaban J connectivity index is 1.07. The molecule has 4 rings (SSSR count). The molecule has 2 aromatic carbocycles. The van der Waals surface area contributed by atoms with Crippen LogP contribution in [0.1, 0.15) is 267 Å². The van der Waals surface area contributed by atoms with Crippen LogP contribution in [0.25, 0.3) is 0 Å². The van der Waals surface area contributed by atoms with E-state index >= 15 is 0 Å². The molecule has 0 atom stereocenters. The maximum Gasteiger partial charge on any atom is 0.161 e. The van der Waals surface area contributed by atoms with Crippen molar-refractivity contribution in [3.8, 4) is 23.0 Å². The molecule has 0 aliphatic heterocycles. The summed E-state index contributed by atoms with van der Waals surface area (Å²) >= 11 is 0. The lowest BCUT2D eigenvalue weighted by Crippen LogP contribution is -2.14. The van der Waals surface area contributed by atoms with Gasteiger partial charge in [0.2, 0.25) is 0 Å². The van der Waals surface area contributed by atoms with Crippen LogP contribution in [-0.2, 0) is 14.2 Å². The van der Waals surface area contributed by atoms with E-state index in [4.69, 9.17) is 33.2 Å². The molecule has 0 heterocycles. The average Bonchev–Trinajstić information content (AvgIpc) is 3.37. The first-order valence-electron chi connectivity index (χ1n) is 29.6. The second kappa shape index (κ2) is 42.1. The third-order valence-corrected chi connectivity index (χ3v) is 15.2. The van der Waals surface area contributed by atoms with Gasteiger partial charge in [0.15, 0.2) is 23.0 Å². The van der Waals surface area contributed by atoms with Crippen molar-refractivity contribution in [1.29, 1.82) is 0 Å². The summed E-state index contributed by atoms with van der Waals surface area (Å²) in [5.74, 6) is 4.41. The van der Waals surface area contributed by atoms with Gasteiger partial charge in [0.25, 0.3) is 0 Å². The number of rotatable bonds is 18. The molecule has 2 fully saturated rings. The molecule has 2 aromatic rings. The van der Waals surface area contributed by atoms with Crippen molar-refractivity contribution in [2.75, 3.05) is 67.1 Å². The van der Waals surface area contributed by atoms with E-state index in [-0.39, 0.29) is 0 Å². The van der Waals surface area contributed by atoms with E-state index in [1.54, 1.807) is 14.2 Å². The molecule has 0 N–H and O–H groups in total. The minimum Gasteiger partial charge on any atom is -0.493 e. The summed E-state index contributed by atoms with van der Waals surface area (Å²) in [6.45, 7) is 3.99. The molecule has 7 heteroatoms. The lowest BCUT2D eigenvalue weighted by atomic mass is 9.87. The van der Waals surface area contributed by atoms with Gasteiger partial charge in [0.05, 0.1) is 53.9 Å². The highest BCUT2D eigenvalue weighted by Gasteiger charge is 2.17. The summed E-state index contributed by atoms with van der Waals surface area (Å²) in [6.07, 6.45) is 52.7. The quantitative estimate of drug-likeness (QED) is 0.138. The Bertz CT molecular complexity index is 1320. The zero-order chi connectivity index (χ0) is 48.3. The van der Waals surface area contributed by atoms with Crippen molar-refractivity contribution in [1.82, 2.24) is 0 Å². The van der Waals surface area contributed by atoms with Crippen LogP contribution in [0.15, 0.2) is 36.4 Å². The van der Waals surface area contributed by atoms with Gasteiger partial charge in [-0.15, -0.1) is 0 Å². The highest BCUT2D eigenvalue weighted by molar-refractivity contribution is 5.45. The molecule has 0 saturated heterocycles. The minimum absolute atomic E-state index is 0.469. The molecule has 2 saturated carbocycles. The van der Waals surface area contributed by atoms with Crippen LogP contribution in [-0.4, -0.2) is 67.1 Å². The monoisotopic (exact) mass is 963 g/mol. The predicted octanol–water partition coefficient (Wildman–Crippen LogP) is 18.2. The van der Waals surface area contributed by atoms with E-state index in [1.165, 1.54) is 255 Å². The smallest absolute Gasteiger partial charge is 0.161 e. The number of ether oxygens (including phenoxy) is 7. The molecular formula is C62H106O7. The maximum atomic E-state index is 6.15. The number of hydrogen-bond acceptors (Lipinski definition) is 7. The largest absolute Gasteiger partial charge is 0.493 e. The van der Waals surface area contributed by atoms with Crippen molar-refractivity contribution in [3.63, 3.8) is 0 Å². The Morgan fingerprint density at radius 1 is 0.275 bits per heavy atom. The van der Waals surface area contributed by atoms with Gasteiger partial charge in [0.1, 0.15) is 13.2 Å². The summed E-state index contributed by atoms with van der Waals surface area (Å²) in [5, 5.41) is 0. The summed E-state index contributed by atoms with van der Waals surface area (Å²) < 4.78 is 41.4. The van der Waals surface area contributed by atoms with Crippen LogP contribution in [0.5, 0.6) is 23.0 Å². The van der Waals surface area contributed by atoms with Crippen LogP contribution in [0.4, 0.5) is 0 Å². The van der Waals surface area contributed by atoms with Gasteiger partial charge in [-0.05, 0) is 72.9 Å². The Labute approximate surface area is 425 Å². The van der Waals surface area contributed by atoms with Gasteiger partial charge < -0.3 is 33.2 Å². The molecule has 0 unspecified atom stereocenters. The lowest BCUT2D eigenvalue weighted by Gasteiger charge is -2.20. The molecular weight excluding hydrogens is 857 g/mol. The molecule has 396 valence electrons. The van der Waals surface area contributed by atoms with Gasteiger partial charge in [-0.25, -0.2) is 0 Å². The second-order valence-corrected chi connectivity index (χ2v) is 20.9. The Morgan fingerprint density at radius 2 is 0.493 bits per heavy atom. The molecule has 0 amide bonds. The second-order valence-electron chi connectivity index (χ2n) is 20.9. The SMILES string of the molecule is COc1cc(C2CCCCCCCCCCCCCCCCCCC2)ccc1OCCOCCOCCOCCOc1ccc(C2CCCCCCCCCCCCCCCCCCC2)cc1OC. The van der Waals surface area contributed by atoms with E-state index in [0.717, 1.165) is 23.0 Å². The zero-order valence-electron chi connectivity index (χ0n) is 45.0. The van der Waals surface area contributed by atoms with Crippen LogP contribution in [0.3, 0.4) is 0 Å². The van der Waals surface area contributed by atoms with Crippen molar-refractivity contribution < 1.29 is 33.2 Å². The minimum atomic E-state index is 0.469. The maximum absolute atomic E-state index is 6.15. The average molecular weight is 964 g/mol. The molecule has 0 bridgehead atoms. The van der Waals surface area contributed by atoms with Crippen LogP contribution in [0, 0.1) is 0 Å². The summed E-state index contributed by atoms with van der Waals surface area (Å²) in [6, 6.07) is 13.3. The Kier molecular flexibility index (Phi) is 36.0. The summed E-state index contributed by atoms with van der Waals surface area (Å²) in [5.41, 5.74) is 2.80. The highest BCUT2D eigenvalue weighted by Crippen LogP contribution is 2.37. The zero-order valence-corrected chi connectivity index (χ0v) is 45.0. The summed E-state index contributed by atoms with van der Waals surface area (Å²) in [4.78, 5) is 0. The topological polar surface area (TPSA) is 64.6 Å². The third kappa shape index (κ3) is 29.0. The van der Waals surface area contributed by atoms with Crippen molar-refractivity contribution in [2.45, 2.75) is 256 Å². The number of hydrogen-bond donors (Lipinski definition) is 0. The van der Waals surface area contributed by atoms with Crippen LogP contribution in [0.2, 0.25) is 0 Å². The Morgan fingerprint density at radius 3 is 0.725 bits per heavy atom. The fourth-order valence-corrected chi connectivity index (χ4v) is 10.9. The first-order valence-corrected chi connectivity index (χ1v) is 29.6. The summed E-state index contributed by atoms with van der Waals surface area (Å²) in [7, 11) is 3.51. The first-order chi connectivity index (χ1) is 34.3. The standard InChI is InChI=1S/C62H106O7/c1-63-61-53-57(55-37-33-29-25-21-17-13-9-5-3-6-10-14-18-22-26-30-34-38-55)41-43-59(61)68-51-49-66-47-45-65-46-48-67-50-52-69-60-44-42-58(54-62(60)64-2)56-39-35-31-27-23-19-15-11-7-4-8-12-16-20-24-28-32-36-40-56/h41-44,53-56H,3-40,45-52H2,1-2H3. The van der Waals surface area contributed by atoms with E-state index < -0.39 is 0 Å². The normalized spacial score (nSPS) is 19.5. The van der Waals surface area contributed by atoms with E-state index in [2.05, 4.69) is 36.4 Å². The van der Waals surface area contributed by atoms with Crippen molar-refractivity contribution in [2.24, 2.45) is 0 Å². The molecule has 0 radical (unpaired) electrons. The van der Waals surface area contributed by atoms with E-state index in [0.29, 0.717) is 64.7 Å². The van der Waals surface area contributed by atoms with Gasteiger partial charge >= 0.3 is 0 Å². The fourth-order valence-electron chi connectivity index (χ4n) is 10.9. The Hall–Kier alpha value is -2.48. The lowest BCUT2D eigenvalue weighted by molar-refractivity contribution is 0.00479. The third-order valence-electron chi connectivity index (χ3n) is 15.2. The molecule has 69 heavy (non-hydrogen) atoms. The number of benzene rings is 2. The molecule has 2 aliphatic carbocycles. The fraction of sp³-hybridized carbons (Fsp3) is 0.806. The van der Waals surface area contributed by atoms with E-state index in [9.17, 15) is 0 Å². The van der Waals surface area contributed by atoms with Crippen molar-refractivity contribution in [3.05, 3.63) is 47.5 Å². The number of methoxy groups -OCH3 is 2. The highest BCUT2D eigenvalue weighted by atomic mass is 16.6. The van der Waals surface area contributed by atoms with Gasteiger partial charge in [-0.3, -0.25) is 0 Å². The van der Waals surface area contributed by atoms with Gasteiger partial charge in [0, 0.05) is 0 Å². The van der Waals surface area contributed by atoms with Gasteiger partial charge in [-0.2, -0.15) is 0 Å². The molecule has 0 aromatic heterocycles.